The van der Waals surface area contributed by atoms with Crippen molar-refractivity contribution in [2.45, 2.75) is 18.3 Å². The molecule has 0 heterocycles. The van der Waals surface area contributed by atoms with Crippen LogP contribution in [-0.4, -0.2) is 11.8 Å². The monoisotopic (exact) mass is 192 g/mol. The lowest BCUT2D eigenvalue weighted by Crippen LogP contribution is -2.02. The van der Waals surface area contributed by atoms with Gasteiger partial charge in [-0.1, -0.05) is 12.2 Å². The van der Waals surface area contributed by atoms with E-state index in [2.05, 4.69) is 0 Å². The molecule has 0 aromatic rings. The Morgan fingerprint density at radius 3 is 2.08 bits per heavy atom. The van der Waals surface area contributed by atoms with E-state index in [0.29, 0.717) is 6.42 Å². The lowest BCUT2D eigenvalue weighted by molar-refractivity contribution is -0.0278. The van der Waals surface area contributed by atoms with Crippen molar-refractivity contribution in [2.75, 3.05) is 0 Å². The maximum atomic E-state index is 12.6. The molecule has 0 spiro atoms. The maximum absolute atomic E-state index is 12.6. The molecule has 72 valence electrons. The number of halogens is 4. The molecule has 0 N–H and O–H groups in total. The molecule has 0 radical (unpaired) electrons. The van der Waals surface area contributed by atoms with Gasteiger partial charge in [0.1, 0.15) is 5.92 Å². The minimum Gasteiger partial charge on any atom is -0.199 e. The zero-order valence-corrected chi connectivity index (χ0v) is 6.68. The van der Waals surface area contributed by atoms with Gasteiger partial charge in [0.15, 0.2) is 0 Å². The quantitative estimate of drug-likeness (QED) is 0.442. The second kappa shape index (κ2) is 1.79. The molecule has 0 aromatic carbocycles. The van der Waals surface area contributed by atoms with E-state index in [9.17, 15) is 17.6 Å². The minimum atomic E-state index is -3.73. The topological polar surface area (TPSA) is 0 Å². The third-order valence-corrected chi connectivity index (χ3v) is 3.59. The molecule has 2 saturated carbocycles. The minimum absolute atomic E-state index is 0.0178. The van der Waals surface area contributed by atoms with Crippen molar-refractivity contribution in [1.82, 2.24) is 0 Å². The van der Waals surface area contributed by atoms with Gasteiger partial charge in [-0.05, 0) is 24.2 Å². The highest BCUT2D eigenvalue weighted by Gasteiger charge is 2.90. The molecular formula is C9H8F4. The number of fused-ring (bicyclic) bond motifs is 1. The fourth-order valence-corrected chi connectivity index (χ4v) is 2.72. The average molecular weight is 192 g/mol. The Hall–Kier alpha value is -0.540. The molecule has 4 heteroatoms. The Labute approximate surface area is 72.6 Å². The van der Waals surface area contributed by atoms with Crippen molar-refractivity contribution in [3.63, 3.8) is 0 Å². The predicted octanol–water partition coefficient (Wildman–Crippen LogP) is 2.71. The molecule has 0 aliphatic heterocycles. The van der Waals surface area contributed by atoms with Crippen LogP contribution < -0.4 is 0 Å². The van der Waals surface area contributed by atoms with E-state index < -0.39 is 23.7 Å². The number of hydrogen-bond acceptors (Lipinski definition) is 0. The lowest BCUT2D eigenvalue weighted by Gasteiger charge is -1.94. The molecule has 0 aromatic heterocycles. The van der Waals surface area contributed by atoms with Crippen molar-refractivity contribution in [3.05, 3.63) is 12.2 Å². The smallest absolute Gasteiger partial charge is 0.199 e. The van der Waals surface area contributed by atoms with E-state index in [4.69, 9.17) is 0 Å². The van der Waals surface area contributed by atoms with Crippen molar-refractivity contribution >= 4 is 0 Å². The molecule has 0 nitrogen and oxygen atoms in total. The predicted molar refractivity (Wildman–Crippen MR) is 37.6 cm³/mol. The Bertz CT molecular complexity index is 280. The van der Waals surface area contributed by atoms with E-state index in [1.807, 2.05) is 6.08 Å². The highest BCUT2D eigenvalue weighted by Crippen LogP contribution is 2.74. The van der Waals surface area contributed by atoms with E-state index in [1.54, 1.807) is 6.08 Å². The highest BCUT2D eigenvalue weighted by atomic mass is 19.3. The molecule has 3 aliphatic rings. The van der Waals surface area contributed by atoms with Gasteiger partial charge in [0, 0.05) is 0 Å². The van der Waals surface area contributed by atoms with E-state index in [0.717, 1.165) is 0 Å². The van der Waals surface area contributed by atoms with Gasteiger partial charge < -0.3 is 0 Å². The zero-order chi connectivity index (χ0) is 9.43. The Morgan fingerprint density at radius 2 is 1.69 bits per heavy atom. The van der Waals surface area contributed by atoms with Gasteiger partial charge in [-0.15, -0.1) is 0 Å². The summed E-state index contributed by atoms with van der Waals surface area (Å²) >= 11 is 0. The molecule has 0 unspecified atom stereocenters. The number of alkyl halides is 4. The van der Waals surface area contributed by atoms with Gasteiger partial charge >= 0.3 is 11.8 Å². The number of allylic oxidation sites excluding steroid dienone is 2. The van der Waals surface area contributed by atoms with Crippen LogP contribution in [0.4, 0.5) is 17.6 Å². The first-order valence-electron chi connectivity index (χ1n) is 4.40. The molecule has 0 saturated heterocycles. The fourth-order valence-electron chi connectivity index (χ4n) is 2.72. The molecule has 13 heavy (non-hydrogen) atoms. The van der Waals surface area contributed by atoms with Crippen LogP contribution in [-0.2, 0) is 0 Å². The third-order valence-electron chi connectivity index (χ3n) is 3.59. The molecule has 0 bridgehead atoms. The van der Waals surface area contributed by atoms with Crippen LogP contribution in [0.1, 0.15) is 6.42 Å². The molecule has 3 rings (SSSR count). The van der Waals surface area contributed by atoms with Crippen LogP contribution in [0.15, 0.2) is 12.2 Å². The Balaban J connectivity index is 1.81. The third kappa shape index (κ3) is 0.693. The van der Waals surface area contributed by atoms with Gasteiger partial charge in [0.2, 0.25) is 0 Å². The second-order valence-corrected chi connectivity index (χ2v) is 4.21. The number of hydrogen-bond donors (Lipinski definition) is 0. The van der Waals surface area contributed by atoms with Crippen LogP contribution in [0.5, 0.6) is 0 Å². The Morgan fingerprint density at radius 1 is 1.08 bits per heavy atom. The van der Waals surface area contributed by atoms with E-state index in [-0.39, 0.29) is 11.8 Å². The number of rotatable bonds is 1. The van der Waals surface area contributed by atoms with Gasteiger partial charge in [-0.25, -0.2) is 0 Å². The normalized spacial score (nSPS) is 49.1. The SMILES string of the molecule is FC1(F)C([C@H]2[C@H]3C=CC[C@H]32)C1(F)F. The Kier molecular flexibility index (Phi) is 1.08. The second-order valence-electron chi connectivity index (χ2n) is 4.21. The summed E-state index contributed by atoms with van der Waals surface area (Å²) in [5, 5.41) is 0. The summed E-state index contributed by atoms with van der Waals surface area (Å²) in [4.78, 5) is 0. The molecular weight excluding hydrogens is 184 g/mol. The van der Waals surface area contributed by atoms with Crippen molar-refractivity contribution in [3.8, 4) is 0 Å². The van der Waals surface area contributed by atoms with Gasteiger partial charge in [-0.2, -0.15) is 17.6 Å². The van der Waals surface area contributed by atoms with Crippen LogP contribution in [0, 0.1) is 23.7 Å². The summed E-state index contributed by atoms with van der Waals surface area (Å²) in [7, 11) is 0. The summed E-state index contributed by atoms with van der Waals surface area (Å²) in [6, 6.07) is 0. The largest absolute Gasteiger partial charge is 0.319 e. The van der Waals surface area contributed by atoms with Crippen molar-refractivity contribution < 1.29 is 17.6 Å². The summed E-state index contributed by atoms with van der Waals surface area (Å²) in [6.07, 6.45) is 4.41. The summed E-state index contributed by atoms with van der Waals surface area (Å²) in [6.45, 7) is 0. The molecule has 0 amide bonds. The molecule has 3 aliphatic carbocycles. The first kappa shape index (κ1) is 7.83. The summed E-state index contributed by atoms with van der Waals surface area (Å²) in [5.41, 5.74) is 0. The first-order valence-corrected chi connectivity index (χ1v) is 4.40. The molecule has 3 atom stereocenters. The average Bonchev–Trinajstić information content (AvgIpc) is 2.68. The van der Waals surface area contributed by atoms with Gasteiger partial charge in [0.25, 0.3) is 0 Å². The zero-order valence-electron chi connectivity index (χ0n) is 6.68. The summed E-state index contributed by atoms with van der Waals surface area (Å²) in [5.74, 6) is -9.46. The lowest BCUT2D eigenvalue weighted by atomic mass is 10.1. The van der Waals surface area contributed by atoms with Crippen LogP contribution in [0.3, 0.4) is 0 Å². The van der Waals surface area contributed by atoms with E-state index in [1.165, 1.54) is 0 Å². The molecule has 2 fully saturated rings. The van der Waals surface area contributed by atoms with E-state index >= 15 is 0 Å². The van der Waals surface area contributed by atoms with Crippen molar-refractivity contribution in [1.29, 1.82) is 0 Å². The summed E-state index contributed by atoms with van der Waals surface area (Å²) < 4.78 is 50.4. The van der Waals surface area contributed by atoms with Crippen LogP contribution >= 0.6 is 0 Å². The standard InChI is InChI=1S/C9H8F4/c10-8(11)7(9(8,12)13)6-4-2-1-3-5(4)6/h1-2,4-7H,3H2/t4-,5+,6-/m0/s1. The highest BCUT2D eigenvalue weighted by molar-refractivity contribution is 5.28. The maximum Gasteiger partial charge on any atom is 0.319 e. The fraction of sp³-hybridized carbons (Fsp3) is 0.778. The van der Waals surface area contributed by atoms with Crippen molar-refractivity contribution in [2.24, 2.45) is 23.7 Å². The van der Waals surface area contributed by atoms with Crippen LogP contribution in [0.2, 0.25) is 0 Å². The first-order chi connectivity index (χ1) is 5.98. The van der Waals surface area contributed by atoms with Crippen LogP contribution in [0.25, 0.3) is 0 Å². The van der Waals surface area contributed by atoms with Gasteiger partial charge in [-0.3, -0.25) is 0 Å². The van der Waals surface area contributed by atoms with Gasteiger partial charge in [0.05, 0.1) is 0 Å².